The molecular weight excluding hydrogens is 214 g/mol. The van der Waals surface area contributed by atoms with E-state index < -0.39 is 0 Å². The van der Waals surface area contributed by atoms with Crippen LogP contribution in [0.2, 0.25) is 0 Å². The molecule has 0 radical (unpaired) electrons. The smallest absolute Gasteiger partial charge is 0.220 e. The Kier molecular flexibility index (Phi) is 4.05. The van der Waals surface area contributed by atoms with Crippen LogP contribution in [-0.2, 0) is 4.79 Å². The summed E-state index contributed by atoms with van der Waals surface area (Å²) in [5, 5.41) is 3.17. The van der Waals surface area contributed by atoms with Gasteiger partial charge in [0.1, 0.15) is 0 Å². The summed E-state index contributed by atoms with van der Waals surface area (Å²) in [6, 6.07) is 0.344. The first-order chi connectivity index (χ1) is 8.13. The molecule has 0 aromatic rings. The van der Waals surface area contributed by atoms with Crippen LogP contribution in [0.1, 0.15) is 38.5 Å². The van der Waals surface area contributed by atoms with E-state index in [0.29, 0.717) is 19.0 Å². The zero-order valence-electron chi connectivity index (χ0n) is 10.9. The van der Waals surface area contributed by atoms with E-state index in [9.17, 15) is 4.79 Å². The molecule has 4 heteroatoms. The number of hydrogen-bond donors (Lipinski definition) is 2. The van der Waals surface area contributed by atoms with Crippen molar-refractivity contribution in [3.05, 3.63) is 0 Å². The van der Waals surface area contributed by atoms with E-state index in [-0.39, 0.29) is 11.3 Å². The standard InChI is InChI=1S/C13H25N3O/c1-16-7-2-4-11(9-16)15-12(17)8-13(10-14)5-3-6-13/h11H,2-10,14H2,1H3,(H,15,17). The summed E-state index contributed by atoms with van der Waals surface area (Å²) in [6.07, 6.45) is 6.42. The maximum atomic E-state index is 12.0. The lowest BCUT2D eigenvalue weighted by Gasteiger charge is -2.41. The van der Waals surface area contributed by atoms with E-state index in [0.717, 1.165) is 32.4 Å². The van der Waals surface area contributed by atoms with Gasteiger partial charge >= 0.3 is 0 Å². The monoisotopic (exact) mass is 239 g/mol. The van der Waals surface area contributed by atoms with Gasteiger partial charge in [-0.2, -0.15) is 0 Å². The molecule has 4 nitrogen and oxygen atoms in total. The molecule has 1 saturated heterocycles. The summed E-state index contributed by atoms with van der Waals surface area (Å²) in [7, 11) is 2.12. The van der Waals surface area contributed by atoms with Crippen molar-refractivity contribution in [2.75, 3.05) is 26.7 Å². The highest BCUT2D eigenvalue weighted by Gasteiger charge is 2.37. The van der Waals surface area contributed by atoms with Crippen LogP contribution < -0.4 is 11.1 Å². The number of amides is 1. The second-order valence-electron chi connectivity index (χ2n) is 5.90. The van der Waals surface area contributed by atoms with Gasteiger partial charge < -0.3 is 16.0 Å². The zero-order valence-corrected chi connectivity index (χ0v) is 10.9. The van der Waals surface area contributed by atoms with Gasteiger partial charge in [0.25, 0.3) is 0 Å². The summed E-state index contributed by atoms with van der Waals surface area (Å²) in [5.41, 5.74) is 5.91. The largest absolute Gasteiger partial charge is 0.352 e. The van der Waals surface area contributed by atoms with Gasteiger partial charge in [0.2, 0.25) is 5.91 Å². The van der Waals surface area contributed by atoms with Crippen molar-refractivity contribution in [1.29, 1.82) is 0 Å². The first kappa shape index (κ1) is 12.8. The predicted octanol–water partition coefficient (Wildman–Crippen LogP) is 0.716. The lowest BCUT2D eigenvalue weighted by atomic mass is 9.66. The highest BCUT2D eigenvalue weighted by molar-refractivity contribution is 5.77. The maximum absolute atomic E-state index is 12.0. The first-order valence-electron chi connectivity index (χ1n) is 6.81. The Labute approximate surface area is 104 Å². The molecule has 1 saturated carbocycles. The molecule has 1 aliphatic carbocycles. The van der Waals surface area contributed by atoms with Crippen LogP contribution >= 0.6 is 0 Å². The SMILES string of the molecule is CN1CCCC(NC(=O)CC2(CN)CCC2)C1. The number of rotatable bonds is 4. The summed E-state index contributed by atoms with van der Waals surface area (Å²) in [5.74, 6) is 0.204. The molecule has 0 aromatic heterocycles. The molecule has 0 spiro atoms. The minimum absolute atomic E-state index is 0.130. The lowest BCUT2D eigenvalue weighted by molar-refractivity contribution is -0.125. The van der Waals surface area contributed by atoms with Gasteiger partial charge in [-0.3, -0.25) is 4.79 Å². The molecule has 1 atom stereocenters. The van der Waals surface area contributed by atoms with Gasteiger partial charge in [0.15, 0.2) is 0 Å². The molecule has 0 aromatic carbocycles. The maximum Gasteiger partial charge on any atom is 0.220 e. The Balaban J connectivity index is 1.76. The van der Waals surface area contributed by atoms with Gasteiger partial charge in [-0.1, -0.05) is 6.42 Å². The van der Waals surface area contributed by atoms with E-state index >= 15 is 0 Å². The van der Waals surface area contributed by atoms with E-state index in [4.69, 9.17) is 5.73 Å². The number of likely N-dealkylation sites (tertiary alicyclic amines) is 1. The van der Waals surface area contributed by atoms with Crippen LogP contribution in [0.5, 0.6) is 0 Å². The average Bonchev–Trinajstić information content (AvgIpc) is 2.23. The average molecular weight is 239 g/mol. The number of carbonyl (C=O) groups is 1. The highest BCUT2D eigenvalue weighted by atomic mass is 16.1. The summed E-state index contributed by atoms with van der Waals surface area (Å²) >= 11 is 0. The molecule has 2 aliphatic rings. The number of nitrogens with two attached hydrogens (primary N) is 1. The molecule has 1 aliphatic heterocycles. The fourth-order valence-corrected chi connectivity index (χ4v) is 3.03. The van der Waals surface area contributed by atoms with Crippen molar-refractivity contribution >= 4 is 5.91 Å². The van der Waals surface area contributed by atoms with Crippen molar-refractivity contribution in [1.82, 2.24) is 10.2 Å². The van der Waals surface area contributed by atoms with Crippen LogP contribution in [0.25, 0.3) is 0 Å². The van der Waals surface area contributed by atoms with Gasteiger partial charge in [0.05, 0.1) is 0 Å². The number of nitrogens with one attached hydrogen (secondary N) is 1. The number of hydrogen-bond acceptors (Lipinski definition) is 3. The summed E-state index contributed by atoms with van der Waals surface area (Å²) in [4.78, 5) is 14.3. The van der Waals surface area contributed by atoms with Crippen LogP contribution in [0.3, 0.4) is 0 Å². The molecule has 1 amide bonds. The van der Waals surface area contributed by atoms with Crippen LogP contribution in [0, 0.1) is 5.41 Å². The Bertz CT molecular complexity index is 270. The quantitative estimate of drug-likeness (QED) is 0.760. The summed E-state index contributed by atoms with van der Waals surface area (Å²) < 4.78 is 0. The molecular formula is C13H25N3O. The minimum atomic E-state index is 0.130. The van der Waals surface area contributed by atoms with Crippen molar-refractivity contribution in [3.8, 4) is 0 Å². The number of likely N-dealkylation sites (N-methyl/N-ethyl adjacent to an activating group) is 1. The normalized spacial score (nSPS) is 28.5. The fourth-order valence-electron chi connectivity index (χ4n) is 3.03. The fraction of sp³-hybridized carbons (Fsp3) is 0.923. The second kappa shape index (κ2) is 5.36. The van der Waals surface area contributed by atoms with Crippen molar-refractivity contribution in [2.24, 2.45) is 11.1 Å². The predicted molar refractivity (Wildman–Crippen MR) is 68.6 cm³/mol. The number of nitrogens with zero attached hydrogens (tertiary/aromatic N) is 1. The third-order valence-corrected chi connectivity index (χ3v) is 4.37. The zero-order chi connectivity index (χ0) is 12.3. The third kappa shape index (κ3) is 3.19. The molecule has 3 N–H and O–H groups in total. The summed E-state index contributed by atoms with van der Waals surface area (Å²) in [6.45, 7) is 2.80. The van der Waals surface area contributed by atoms with Crippen molar-refractivity contribution in [2.45, 2.75) is 44.6 Å². The van der Waals surface area contributed by atoms with Gasteiger partial charge in [-0.15, -0.1) is 0 Å². The first-order valence-corrected chi connectivity index (χ1v) is 6.81. The van der Waals surface area contributed by atoms with E-state index in [2.05, 4.69) is 17.3 Å². The lowest BCUT2D eigenvalue weighted by Crippen LogP contribution is -2.49. The van der Waals surface area contributed by atoms with E-state index in [1.807, 2.05) is 0 Å². The molecule has 0 bridgehead atoms. The van der Waals surface area contributed by atoms with Gasteiger partial charge in [-0.25, -0.2) is 0 Å². The van der Waals surface area contributed by atoms with Crippen molar-refractivity contribution in [3.63, 3.8) is 0 Å². The van der Waals surface area contributed by atoms with Crippen LogP contribution in [0.4, 0.5) is 0 Å². The molecule has 2 rings (SSSR count). The highest BCUT2D eigenvalue weighted by Crippen LogP contribution is 2.42. The minimum Gasteiger partial charge on any atom is -0.352 e. The molecule has 1 unspecified atom stereocenters. The second-order valence-corrected chi connectivity index (χ2v) is 5.90. The topological polar surface area (TPSA) is 58.4 Å². The Hall–Kier alpha value is -0.610. The van der Waals surface area contributed by atoms with Crippen LogP contribution in [-0.4, -0.2) is 43.5 Å². The van der Waals surface area contributed by atoms with Crippen LogP contribution in [0.15, 0.2) is 0 Å². The molecule has 1 heterocycles. The van der Waals surface area contributed by atoms with E-state index in [1.54, 1.807) is 0 Å². The van der Waals surface area contributed by atoms with Gasteiger partial charge in [-0.05, 0) is 51.2 Å². The Morgan fingerprint density at radius 1 is 1.47 bits per heavy atom. The molecule has 2 fully saturated rings. The third-order valence-electron chi connectivity index (χ3n) is 4.37. The number of piperidine rings is 1. The number of carbonyl (C=O) groups excluding carboxylic acids is 1. The van der Waals surface area contributed by atoms with Gasteiger partial charge in [0, 0.05) is 19.0 Å². The Morgan fingerprint density at radius 3 is 2.76 bits per heavy atom. The Morgan fingerprint density at radius 2 is 2.24 bits per heavy atom. The van der Waals surface area contributed by atoms with Crippen molar-refractivity contribution < 1.29 is 4.79 Å². The molecule has 98 valence electrons. The van der Waals surface area contributed by atoms with E-state index in [1.165, 1.54) is 12.8 Å². The molecule has 17 heavy (non-hydrogen) atoms.